The number of piperidine rings is 2. The average Bonchev–Trinajstić information content (AvgIpc) is 2.97. The van der Waals surface area contributed by atoms with Crippen molar-refractivity contribution >= 4 is 53.4 Å². The van der Waals surface area contributed by atoms with Crippen molar-refractivity contribution in [2.45, 2.75) is 56.9 Å². The predicted octanol–water partition coefficient (Wildman–Crippen LogP) is 6.07. The Balaban J connectivity index is 0.00000462. The van der Waals surface area contributed by atoms with Gasteiger partial charge >= 0.3 is 5.97 Å². The normalized spacial score (nSPS) is 17.9. The maximum atomic E-state index is 13.2. The van der Waals surface area contributed by atoms with Gasteiger partial charge in [0.1, 0.15) is 5.54 Å². The summed E-state index contributed by atoms with van der Waals surface area (Å²) in [5.41, 5.74) is 0.797. The van der Waals surface area contributed by atoms with Crippen molar-refractivity contribution in [2.75, 3.05) is 46.4 Å². The Morgan fingerprint density at radius 2 is 1.73 bits per heavy atom. The summed E-state index contributed by atoms with van der Waals surface area (Å²) in [5, 5.41) is 0.987. The summed E-state index contributed by atoms with van der Waals surface area (Å²) in [7, 11) is 1.82. The van der Waals surface area contributed by atoms with Crippen LogP contribution in [-0.2, 0) is 14.3 Å². The molecule has 4 rings (SSSR count). The Kier molecular flexibility index (Phi) is 12.3. The first-order valence-corrected chi connectivity index (χ1v) is 15.0. The molecule has 0 saturated carbocycles. The van der Waals surface area contributed by atoms with Crippen molar-refractivity contribution in [1.29, 1.82) is 0 Å². The molecular weight excluding hydrogens is 585 g/mol. The van der Waals surface area contributed by atoms with Crippen molar-refractivity contribution in [1.82, 2.24) is 14.7 Å². The van der Waals surface area contributed by atoms with Crippen molar-refractivity contribution in [3.05, 3.63) is 69.7 Å². The van der Waals surface area contributed by atoms with Crippen LogP contribution in [0.3, 0.4) is 0 Å². The quantitative estimate of drug-likeness (QED) is 0.300. The Morgan fingerprint density at radius 3 is 2.37 bits per heavy atom. The number of halogens is 3. The highest BCUT2D eigenvalue weighted by molar-refractivity contribution is 6.42. The minimum absolute atomic E-state index is 0. The molecule has 0 unspecified atom stereocenters. The van der Waals surface area contributed by atoms with Gasteiger partial charge < -0.3 is 19.4 Å². The third-order valence-electron chi connectivity index (χ3n) is 8.25. The van der Waals surface area contributed by atoms with E-state index in [4.69, 9.17) is 27.9 Å². The molecular formula is C31H40Cl3N3O4. The van der Waals surface area contributed by atoms with Gasteiger partial charge in [0.05, 0.1) is 16.7 Å². The van der Waals surface area contributed by atoms with E-state index >= 15 is 0 Å². The van der Waals surface area contributed by atoms with E-state index in [9.17, 15) is 14.4 Å². The summed E-state index contributed by atoms with van der Waals surface area (Å²) in [6, 6.07) is 14.9. The zero-order chi connectivity index (χ0) is 28.7. The smallest absolute Gasteiger partial charge is 0.332 e. The SMILES string of the molecule is CCOC(=O)C1(N2CCCCC2=O)CCN(CC[C@H](CN(C)C(=O)c2ccccc2)c2ccc(Cl)c(Cl)c2)CC1.Cl. The monoisotopic (exact) mass is 623 g/mol. The number of amides is 2. The van der Waals surface area contributed by atoms with Gasteiger partial charge in [0, 0.05) is 51.1 Å². The first kappa shape index (κ1) is 33.2. The van der Waals surface area contributed by atoms with Crippen molar-refractivity contribution in [2.24, 2.45) is 0 Å². The predicted molar refractivity (Wildman–Crippen MR) is 165 cm³/mol. The Morgan fingerprint density at radius 1 is 1.02 bits per heavy atom. The molecule has 2 saturated heterocycles. The lowest BCUT2D eigenvalue weighted by atomic mass is 9.83. The molecule has 2 amide bonds. The van der Waals surface area contributed by atoms with Crippen LogP contribution in [0.5, 0.6) is 0 Å². The lowest BCUT2D eigenvalue weighted by molar-refractivity contribution is -0.169. The maximum absolute atomic E-state index is 13.2. The molecule has 2 aromatic carbocycles. The molecule has 0 N–H and O–H groups in total. The zero-order valence-corrected chi connectivity index (χ0v) is 26.1. The number of carbonyl (C=O) groups excluding carboxylic acids is 3. The molecule has 7 nitrogen and oxygen atoms in total. The maximum Gasteiger partial charge on any atom is 0.332 e. The van der Waals surface area contributed by atoms with Crippen molar-refractivity contribution in [3.63, 3.8) is 0 Å². The fraction of sp³-hybridized carbons (Fsp3) is 0.516. The van der Waals surface area contributed by atoms with Gasteiger partial charge in [0.2, 0.25) is 5.91 Å². The van der Waals surface area contributed by atoms with Gasteiger partial charge in [0.15, 0.2) is 0 Å². The number of benzene rings is 2. The summed E-state index contributed by atoms with van der Waals surface area (Å²) >= 11 is 12.6. The third-order valence-corrected chi connectivity index (χ3v) is 8.99. The van der Waals surface area contributed by atoms with E-state index in [2.05, 4.69) is 4.90 Å². The molecule has 0 spiro atoms. The van der Waals surface area contributed by atoms with Crippen LogP contribution in [0.25, 0.3) is 0 Å². The van der Waals surface area contributed by atoms with Crippen molar-refractivity contribution < 1.29 is 19.1 Å². The van der Waals surface area contributed by atoms with Crippen molar-refractivity contribution in [3.8, 4) is 0 Å². The van der Waals surface area contributed by atoms with Gasteiger partial charge in [-0.3, -0.25) is 9.59 Å². The van der Waals surface area contributed by atoms with Gasteiger partial charge in [0.25, 0.3) is 5.91 Å². The summed E-state index contributed by atoms with van der Waals surface area (Å²) < 4.78 is 5.49. The molecule has 2 fully saturated rings. The number of esters is 1. The zero-order valence-electron chi connectivity index (χ0n) is 23.8. The summed E-state index contributed by atoms with van der Waals surface area (Å²) in [6.45, 7) is 5.40. The molecule has 0 bridgehead atoms. The number of likely N-dealkylation sites (N-methyl/N-ethyl adjacent to an activating group) is 1. The standard InChI is InChI=1S/C31H39Cl2N3O4.ClH/c1-3-40-30(39)31(36-17-8-7-11-28(36)37)15-19-35(20-16-31)18-14-25(24-12-13-26(32)27(33)21-24)22-34(2)29(38)23-9-5-4-6-10-23;/h4-6,9-10,12-13,21,25H,3,7-8,11,14-20,22H2,1-2H3;1H/t25-;/m1./s1. The number of nitrogens with zero attached hydrogens (tertiary/aromatic N) is 3. The highest BCUT2D eigenvalue weighted by Gasteiger charge is 2.49. The molecule has 41 heavy (non-hydrogen) atoms. The first-order chi connectivity index (χ1) is 19.2. The Labute approximate surface area is 259 Å². The van der Waals surface area contributed by atoms with Gasteiger partial charge in [-0.2, -0.15) is 0 Å². The number of hydrogen-bond donors (Lipinski definition) is 0. The van der Waals surface area contributed by atoms with Crippen LogP contribution in [0, 0.1) is 0 Å². The Hall–Kier alpha value is -2.32. The number of hydrogen-bond acceptors (Lipinski definition) is 5. The molecule has 0 aliphatic carbocycles. The van der Waals surface area contributed by atoms with Gasteiger partial charge in [-0.15, -0.1) is 12.4 Å². The Bertz CT molecular complexity index is 1190. The number of carbonyl (C=O) groups is 3. The second-order valence-electron chi connectivity index (χ2n) is 10.8. The summed E-state index contributed by atoms with van der Waals surface area (Å²) in [5.74, 6) is -0.222. The van der Waals surface area contributed by atoms with E-state index in [0.29, 0.717) is 67.7 Å². The van der Waals surface area contributed by atoms with Crippen LogP contribution in [0.4, 0.5) is 0 Å². The number of likely N-dealkylation sites (tertiary alicyclic amines) is 2. The van der Waals surface area contributed by atoms with E-state index in [-0.39, 0.29) is 36.1 Å². The minimum atomic E-state index is -0.880. The molecule has 2 heterocycles. The second-order valence-corrected chi connectivity index (χ2v) is 11.6. The molecule has 2 aliphatic rings. The topological polar surface area (TPSA) is 70.2 Å². The lowest BCUT2D eigenvalue weighted by Crippen LogP contribution is -2.63. The van der Waals surface area contributed by atoms with Crippen LogP contribution in [-0.4, -0.2) is 84.4 Å². The number of ether oxygens (including phenoxy) is 1. The van der Waals surface area contributed by atoms with Gasteiger partial charge in [-0.25, -0.2) is 4.79 Å². The van der Waals surface area contributed by atoms with Crippen LogP contribution in [0.1, 0.15) is 67.3 Å². The minimum Gasteiger partial charge on any atom is -0.464 e. The van der Waals surface area contributed by atoms with Crippen LogP contribution in [0.15, 0.2) is 48.5 Å². The molecule has 1 atom stereocenters. The highest BCUT2D eigenvalue weighted by Crippen LogP contribution is 2.35. The average molecular weight is 625 g/mol. The fourth-order valence-electron chi connectivity index (χ4n) is 5.94. The lowest BCUT2D eigenvalue weighted by Gasteiger charge is -2.48. The number of rotatable bonds is 10. The van der Waals surface area contributed by atoms with E-state index in [1.807, 2.05) is 56.4 Å². The first-order valence-electron chi connectivity index (χ1n) is 14.2. The summed E-state index contributed by atoms with van der Waals surface area (Å²) in [4.78, 5) is 45.0. The largest absolute Gasteiger partial charge is 0.464 e. The van der Waals surface area contributed by atoms with Gasteiger partial charge in [-0.1, -0.05) is 47.5 Å². The molecule has 2 aromatic rings. The molecule has 224 valence electrons. The summed E-state index contributed by atoms with van der Waals surface area (Å²) in [6.07, 6.45) is 4.18. The van der Waals surface area contributed by atoms with Crippen LogP contribution < -0.4 is 0 Å². The van der Waals surface area contributed by atoms with Crippen LogP contribution in [0.2, 0.25) is 10.0 Å². The van der Waals surface area contributed by atoms with E-state index in [1.54, 1.807) is 15.9 Å². The molecule has 0 aromatic heterocycles. The van der Waals surface area contributed by atoms with E-state index < -0.39 is 5.54 Å². The highest BCUT2D eigenvalue weighted by atomic mass is 35.5. The van der Waals surface area contributed by atoms with E-state index in [1.165, 1.54) is 0 Å². The van der Waals surface area contributed by atoms with Gasteiger partial charge in [-0.05, 0) is 75.4 Å². The third kappa shape index (κ3) is 7.95. The van der Waals surface area contributed by atoms with E-state index in [0.717, 1.165) is 31.4 Å². The fourth-order valence-corrected chi connectivity index (χ4v) is 6.24. The molecule has 10 heteroatoms. The molecule has 0 radical (unpaired) electrons. The van der Waals surface area contributed by atoms with Crippen LogP contribution >= 0.6 is 35.6 Å². The second kappa shape index (κ2) is 15.2. The molecule has 2 aliphatic heterocycles.